The Bertz CT molecular complexity index is 502. The van der Waals surface area contributed by atoms with E-state index in [-0.39, 0.29) is 13.0 Å². The van der Waals surface area contributed by atoms with Gasteiger partial charge in [0.25, 0.3) is 0 Å². The lowest BCUT2D eigenvalue weighted by Gasteiger charge is -2.23. The van der Waals surface area contributed by atoms with Crippen LogP contribution >= 0.6 is 7.82 Å². The average Bonchev–Trinajstić information content (AvgIpc) is 2.63. The van der Waals surface area contributed by atoms with Crippen molar-refractivity contribution in [2.45, 2.75) is 96.8 Å². The Labute approximate surface area is 185 Å². The molecule has 0 bridgehead atoms. The fourth-order valence-electron chi connectivity index (χ4n) is 2.97. The zero-order valence-electron chi connectivity index (χ0n) is 19.9. The van der Waals surface area contributed by atoms with Crippen molar-refractivity contribution in [1.29, 1.82) is 0 Å². The van der Waals surface area contributed by atoms with Gasteiger partial charge in [0.05, 0.1) is 21.1 Å². The van der Waals surface area contributed by atoms with E-state index in [1.165, 1.54) is 51.4 Å². The van der Waals surface area contributed by atoms with Crippen molar-refractivity contribution in [1.82, 2.24) is 0 Å². The number of likely N-dealkylation sites (N-methyl/N-ethyl adjacent to an activating group) is 1. The summed E-state index contributed by atoms with van der Waals surface area (Å²) in [6.45, 7) is 2.87. The molecule has 1 N–H and O–H groups in total. The maximum absolute atomic E-state index is 11.7. The third-order valence-corrected chi connectivity index (χ3v) is 5.82. The largest absolute Gasteiger partial charge is 0.529 e. The van der Waals surface area contributed by atoms with Gasteiger partial charge >= 0.3 is 13.8 Å². The number of hydrogen-bond acceptors (Lipinski definition) is 4. The molecule has 0 radical (unpaired) electrons. The SMILES string of the molecule is CCCCCCCC/C=C/CCCCCCCC(=O)OP(=O)(O)OCC[N+](C)(C)C. The Morgan fingerprint density at radius 1 is 0.867 bits per heavy atom. The van der Waals surface area contributed by atoms with E-state index >= 15 is 0 Å². The predicted molar refractivity (Wildman–Crippen MR) is 124 cm³/mol. The van der Waals surface area contributed by atoms with Gasteiger partial charge in [-0.1, -0.05) is 70.4 Å². The molecule has 1 unspecified atom stereocenters. The smallest absolute Gasteiger partial charge is 0.371 e. The monoisotopic (exact) mass is 448 g/mol. The van der Waals surface area contributed by atoms with E-state index in [2.05, 4.69) is 23.6 Å². The molecule has 7 heteroatoms. The predicted octanol–water partition coefficient (Wildman–Crippen LogP) is 6.39. The Kier molecular flexibility index (Phi) is 17.5. The Balaban J connectivity index is 3.54. The van der Waals surface area contributed by atoms with Gasteiger partial charge in [0.2, 0.25) is 0 Å². The summed E-state index contributed by atoms with van der Waals surface area (Å²) in [5.74, 6) is -0.663. The number of carbonyl (C=O) groups is 1. The van der Waals surface area contributed by atoms with E-state index in [1.54, 1.807) is 0 Å². The van der Waals surface area contributed by atoms with E-state index in [0.29, 0.717) is 17.4 Å². The topological polar surface area (TPSA) is 72.8 Å². The number of carbonyl (C=O) groups excluding carboxylic acids is 1. The molecule has 1 atom stereocenters. The molecule has 0 rings (SSSR count). The first-order chi connectivity index (χ1) is 14.2. The van der Waals surface area contributed by atoms with Crippen LogP contribution in [0, 0.1) is 0 Å². The molecular formula is C23H47NO5P+. The molecule has 30 heavy (non-hydrogen) atoms. The Morgan fingerprint density at radius 2 is 1.37 bits per heavy atom. The molecule has 0 aromatic carbocycles. The van der Waals surface area contributed by atoms with Crippen LogP contribution in [0.3, 0.4) is 0 Å². The van der Waals surface area contributed by atoms with E-state index in [9.17, 15) is 14.3 Å². The van der Waals surface area contributed by atoms with Gasteiger partial charge in [-0.25, -0.2) is 4.57 Å². The molecule has 0 aliphatic carbocycles. The molecule has 0 aliphatic heterocycles. The highest BCUT2D eigenvalue weighted by atomic mass is 31.2. The van der Waals surface area contributed by atoms with Gasteiger partial charge in [-0.05, 0) is 32.1 Å². The van der Waals surface area contributed by atoms with Crippen LogP contribution in [0.2, 0.25) is 0 Å². The summed E-state index contributed by atoms with van der Waals surface area (Å²) in [6, 6.07) is 0. The Hall–Kier alpha value is -0.680. The van der Waals surface area contributed by atoms with Crippen LogP contribution in [-0.2, 0) is 18.4 Å². The van der Waals surface area contributed by atoms with E-state index in [1.807, 2.05) is 21.1 Å². The van der Waals surface area contributed by atoms with Crippen LogP contribution in [0.4, 0.5) is 0 Å². The molecule has 0 fully saturated rings. The Morgan fingerprint density at radius 3 is 1.90 bits per heavy atom. The lowest BCUT2D eigenvalue weighted by atomic mass is 10.1. The fourth-order valence-corrected chi connectivity index (χ4v) is 3.68. The molecule has 0 spiro atoms. The zero-order valence-corrected chi connectivity index (χ0v) is 20.8. The highest BCUT2D eigenvalue weighted by Crippen LogP contribution is 2.43. The number of unbranched alkanes of at least 4 members (excludes halogenated alkanes) is 11. The number of phosphoric acid groups is 1. The summed E-state index contributed by atoms with van der Waals surface area (Å²) in [6.07, 6.45) is 20.1. The zero-order chi connectivity index (χ0) is 22.7. The first-order valence-corrected chi connectivity index (χ1v) is 13.3. The molecule has 0 saturated heterocycles. The second-order valence-electron chi connectivity index (χ2n) is 9.11. The molecule has 178 valence electrons. The van der Waals surface area contributed by atoms with E-state index in [4.69, 9.17) is 4.52 Å². The molecule has 6 nitrogen and oxygen atoms in total. The summed E-state index contributed by atoms with van der Waals surface area (Å²) >= 11 is 0. The second-order valence-corrected chi connectivity index (χ2v) is 10.5. The number of allylic oxidation sites excluding steroid dienone is 2. The van der Waals surface area contributed by atoms with Gasteiger partial charge in [0.1, 0.15) is 13.2 Å². The van der Waals surface area contributed by atoms with E-state index < -0.39 is 13.8 Å². The summed E-state index contributed by atoms with van der Waals surface area (Å²) in [5, 5.41) is 0. The minimum Gasteiger partial charge on any atom is -0.371 e. The van der Waals surface area contributed by atoms with Gasteiger partial charge in [0, 0.05) is 6.42 Å². The normalized spacial score (nSPS) is 14.2. The molecule has 0 aromatic rings. The minimum atomic E-state index is -4.29. The van der Waals surface area contributed by atoms with Gasteiger partial charge in [0.15, 0.2) is 0 Å². The van der Waals surface area contributed by atoms with Crippen molar-refractivity contribution < 1.29 is 27.8 Å². The first kappa shape index (κ1) is 29.3. The lowest BCUT2D eigenvalue weighted by Crippen LogP contribution is -2.37. The van der Waals surface area contributed by atoms with Crippen molar-refractivity contribution in [3.05, 3.63) is 12.2 Å². The van der Waals surface area contributed by atoms with Crippen molar-refractivity contribution in [2.24, 2.45) is 0 Å². The first-order valence-electron chi connectivity index (χ1n) is 11.8. The molecule has 0 amide bonds. The molecule has 0 heterocycles. The van der Waals surface area contributed by atoms with Crippen molar-refractivity contribution in [3.8, 4) is 0 Å². The van der Waals surface area contributed by atoms with Crippen LogP contribution in [-0.4, -0.2) is 49.6 Å². The molecule has 0 aromatic heterocycles. The van der Waals surface area contributed by atoms with E-state index in [0.717, 1.165) is 25.7 Å². The summed E-state index contributed by atoms with van der Waals surface area (Å²) in [5.41, 5.74) is 0. The summed E-state index contributed by atoms with van der Waals surface area (Å²) < 4.78 is 21.8. The number of hydrogen-bond donors (Lipinski definition) is 1. The third-order valence-electron chi connectivity index (χ3n) is 4.88. The number of nitrogens with zero attached hydrogens (tertiary/aromatic N) is 1. The van der Waals surface area contributed by atoms with Crippen LogP contribution in [0.25, 0.3) is 0 Å². The lowest BCUT2D eigenvalue weighted by molar-refractivity contribution is -0.870. The van der Waals surface area contributed by atoms with Gasteiger partial charge in [-0.3, -0.25) is 14.2 Å². The standard InChI is InChI=1S/C23H46NO5P/c1-5-6-7-8-9-10-11-12-13-14-15-16-17-18-19-20-23(25)29-30(26,27)28-22-21-24(2,3)4/h12-13H,5-11,14-22H2,1-4H3/p+1/b13-12+. The van der Waals surface area contributed by atoms with Crippen molar-refractivity contribution in [2.75, 3.05) is 34.3 Å². The van der Waals surface area contributed by atoms with Gasteiger partial charge in [-0.15, -0.1) is 0 Å². The average molecular weight is 449 g/mol. The minimum absolute atomic E-state index is 0.0674. The quantitative estimate of drug-likeness (QED) is 0.101. The molecule has 0 aliphatic rings. The van der Waals surface area contributed by atoms with Crippen molar-refractivity contribution in [3.63, 3.8) is 0 Å². The summed E-state index contributed by atoms with van der Waals surface area (Å²) in [4.78, 5) is 21.3. The van der Waals surface area contributed by atoms with Crippen LogP contribution in [0.5, 0.6) is 0 Å². The van der Waals surface area contributed by atoms with Gasteiger partial charge in [-0.2, -0.15) is 0 Å². The van der Waals surface area contributed by atoms with Gasteiger partial charge < -0.3 is 9.01 Å². The van der Waals surface area contributed by atoms with Crippen LogP contribution in [0.15, 0.2) is 12.2 Å². The summed E-state index contributed by atoms with van der Waals surface area (Å²) in [7, 11) is 1.55. The highest BCUT2D eigenvalue weighted by Gasteiger charge is 2.26. The maximum atomic E-state index is 11.7. The highest BCUT2D eigenvalue weighted by molar-refractivity contribution is 7.48. The fraction of sp³-hybridized carbons (Fsp3) is 0.870. The van der Waals surface area contributed by atoms with Crippen molar-refractivity contribution >= 4 is 13.8 Å². The maximum Gasteiger partial charge on any atom is 0.529 e. The molecular weight excluding hydrogens is 401 g/mol. The number of rotatable bonds is 20. The van der Waals surface area contributed by atoms with Crippen LogP contribution < -0.4 is 0 Å². The van der Waals surface area contributed by atoms with Crippen LogP contribution in [0.1, 0.15) is 96.8 Å². The second kappa shape index (κ2) is 17.9. The molecule has 0 saturated carbocycles. The number of quaternary nitrogens is 1. The number of phosphoric ester groups is 1. The third kappa shape index (κ3) is 22.0.